The van der Waals surface area contributed by atoms with Gasteiger partial charge in [-0.05, 0) is 45.7 Å². The van der Waals surface area contributed by atoms with E-state index in [0.717, 1.165) is 10.6 Å². The van der Waals surface area contributed by atoms with E-state index in [-0.39, 0.29) is 0 Å². The zero-order chi connectivity index (χ0) is 11.5. The van der Waals surface area contributed by atoms with Crippen LogP contribution in [-0.2, 0) is 0 Å². The summed E-state index contributed by atoms with van der Waals surface area (Å²) >= 11 is 4.56. The van der Waals surface area contributed by atoms with Crippen LogP contribution in [0.5, 0.6) is 11.5 Å². The molecule has 16 heavy (non-hydrogen) atoms. The average Bonchev–Trinajstić information content (AvgIpc) is 2.75. The lowest BCUT2D eigenvalue weighted by Gasteiger charge is -2.07. The van der Waals surface area contributed by atoms with Crippen molar-refractivity contribution >= 4 is 27.5 Å². The lowest BCUT2D eigenvalue weighted by atomic mass is 10.2. The number of hydrogen-bond acceptors (Lipinski definition) is 5. The first-order chi connectivity index (χ1) is 7.74. The number of hydrogen-bond donors (Lipinski definition) is 0. The Morgan fingerprint density at radius 2 is 1.94 bits per heavy atom. The van der Waals surface area contributed by atoms with Gasteiger partial charge in [0.05, 0.1) is 14.2 Å². The SMILES string of the molecule is COc1ccc(-c2nc(Br)ns2)cc1OC. The highest BCUT2D eigenvalue weighted by atomic mass is 79.9. The predicted octanol–water partition coefficient (Wildman–Crippen LogP) is 2.98. The van der Waals surface area contributed by atoms with Crippen LogP contribution in [0.4, 0.5) is 0 Å². The molecule has 2 aromatic rings. The minimum absolute atomic E-state index is 0.599. The first-order valence-electron chi connectivity index (χ1n) is 4.46. The van der Waals surface area contributed by atoms with Gasteiger partial charge in [-0.3, -0.25) is 0 Å². The van der Waals surface area contributed by atoms with Gasteiger partial charge in [0.1, 0.15) is 5.01 Å². The maximum Gasteiger partial charge on any atom is 0.209 e. The highest BCUT2D eigenvalue weighted by molar-refractivity contribution is 9.10. The van der Waals surface area contributed by atoms with Gasteiger partial charge in [-0.25, -0.2) is 4.98 Å². The van der Waals surface area contributed by atoms with Crippen LogP contribution in [0.3, 0.4) is 0 Å². The quantitative estimate of drug-likeness (QED) is 0.874. The lowest BCUT2D eigenvalue weighted by molar-refractivity contribution is 0.355. The van der Waals surface area contributed by atoms with E-state index in [9.17, 15) is 0 Å². The maximum absolute atomic E-state index is 5.22. The van der Waals surface area contributed by atoms with Crippen LogP contribution in [-0.4, -0.2) is 23.6 Å². The summed E-state index contributed by atoms with van der Waals surface area (Å²) in [5, 5.41) is 0.841. The molecular formula is C10H9BrN2O2S. The summed E-state index contributed by atoms with van der Waals surface area (Å²) in [4.78, 5) is 4.24. The van der Waals surface area contributed by atoms with Crippen LogP contribution < -0.4 is 9.47 Å². The van der Waals surface area contributed by atoms with Crippen LogP contribution in [0.2, 0.25) is 0 Å². The third-order valence-electron chi connectivity index (χ3n) is 2.03. The van der Waals surface area contributed by atoms with Crippen molar-refractivity contribution in [3.05, 3.63) is 22.9 Å². The summed E-state index contributed by atoms with van der Waals surface area (Å²) in [5.41, 5.74) is 0.959. The van der Waals surface area contributed by atoms with Gasteiger partial charge in [0.2, 0.25) is 4.73 Å². The molecule has 0 unspecified atom stereocenters. The fraction of sp³-hybridized carbons (Fsp3) is 0.200. The summed E-state index contributed by atoms with van der Waals surface area (Å²) in [7, 11) is 3.22. The minimum Gasteiger partial charge on any atom is -0.493 e. The number of aromatic nitrogens is 2. The molecule has 0 amide bonds. The molecule has 6 heteroatoms. The predicted molar refractivity (Wildman–Crippen MR) is 66.1 cm³/mol. The van der Waals surface area contributed by atoms with E-state index in [1.54, 1.807) is 14.2 Å². The first kappa shape index (κ1) is 11.3. The third-order valence-corrected chi connectivity index (χ3v) is 3.39. The smallest absolute Gasteiger partial charge is 0.209 e. The lowest BCUT2D eigenvalue weighted by Crippen LogP contribution is -1.90. The number of benzene rings is 1. The van der Waals surface area contributed by atoms with E-state index < -0.39 is 0 Å². The molecule has 0 bridgehead atoms. The van der Waals surface area contributed by atoms with Gasteiger partial charge in [-0.15, -0.1) is 0 Å². The molecule has 0 saturated carbocycles. The Labute approximate surface area is 106 Å². The van der Waals surface area contributed by atoms with Crippen molar-refractivity contribution in [1.82, 2.24) is 9.36 Å². The van der Waals surface area contributed by atoms with Gasteiger partial charge in [0.25, 0.3) is 0 Å². The Kier molecular flexibility index (Phi) is 3.40. The van der Waals surface area contributed by atoms with Crippen molar-refractivity contribution in [2.75, 3.05) is 14.2 Å². The molecule has 0 atom stereocenters. The Morgan fingerprint density at radius 3 is 2.50 bits per heavy atom. The highest BCUT2D eigenvalue weighted by Crippen LogP contribution is 2.33. The molecule has 0 aliphatic rings. The normalized spacial score (nSPS) is 10.2. The first-order valence-corrected chi connectivity index (χ1v) is 6.03. The molecule has 1 heterocycles. The van der Waals surface area contributed by atoms with E-state index >= 15 is 0 Å². The van der Waals surface area contributed by atoms with Crippen molar-refractivity contribution < 1.29 is 9.47 Å². The molecule has 0 radical (unpaired) electrons. The topological polar surface area (TPSA) is 44.2 Å². The Hall–Kier alpha value is -1.14. The zero-order valence-electron chi connectivity index (χ0n) is 8.73. The van der Waals surface area contributed by atoms with E-state index in [2.05, 4.69) is 25.3 Å². The summed E-state index contributed by atoms with van der Waals surface area (Å²) in [6.45, 7) is 0. The van der Waals surface area contributed by atoms with Gasteiger partial charge in [-0.2, -0.15) is 4.37 Å². The molecule has 0 aliphatic heterocycles. The molecule has 84 valence electrons. The van der Waals surface area contributed by atoms with Crippen LogP contribution in [0.15, 0.2) is 22.9 Å². The number of nitrogens with zero attached hydrogens (tertiary/aromatic N) is 2. The second-order valence-corrected chi connectivity index (χ2v) is 4.40. The fourth-order valence-corrected chi connectivity index (χ4v) is 2.37. The summed E-state index contributed by atoms with van der Waals surface area (Å²) in [6, 6.07) is 5.66. The van der Waals surface area contributed by atoms with Crippen LogP contribution in [0.25, 0.3) is 10.6 Å². The van der Waals surface area contributed by atoms with Gasteiger partial charge in [-0.1, -0.05) is 0 Å². The number of halogens is 1. The van der Waals surface area contributed by atoms with Crippen LogP contribution >= 0.6 is 27.5 Å². The molecular weight excluding hydrogens is 292 g/mol. The number of methoxy groups -OCH3 is 2. The van der Waals surface area contributed by atoms with Crippen LogP contribution in [0.1, 0.15) is 0 Å². The van der Waals surface area contributed by atoms with Crippen molar-refractivity contribution in [3.8, 4) is 22.1 Å². The molecule has 4 nitrogen and oxygen atoms in total. The summed E-state index contributed by atoms with van der Waals surface area (Å²) < 4.78 is 15.1. The van der Waals surface area contributed by atoms with Gasteiger partial charge >= 0.3 is 0 Å². The molecule has 0 aliphatic carbocycles. The van der Waals surface area contributed by atoms with Crippen LogP contribution in [0, 0.1) is 0 Å². The summed E-state index contributed by atoms with van der Waals surface area (Å²) in [6.07, 6.45) is 0. The Bertz CT molecular complexity index is 501. The number of ether oxygens (including phenoxy) is 2. The fourth-order valence-electron chi connectivity index (χ4n) is 1.29. The average molecular weight is 301 g/mol. The van der Waals surface area contributed by atoms with Gasteiger partial charge in [0, 0.05) is 5.56 Å². The van der Waals surface area contributed by atoms with Crippen molar-refractivity contribution in [2.45, 2.75) is 0 Å². The standard InChI is InChI=1S/C10H9BrN2O2S/c1-14-7-4-3-6(5-8(7)15-2)9-12-10(11)13-16-9/h3-5H,1-2H3. The van der Waals surface area contributed by atoms with E-state index in [1.807, 2.05) is 18.2 Å². The largest absolute Gasteiger partial charge is 0.493 e. The van der Waals surface area contributed by atoms with E-state index in [0.29, 0.717) is 16.2 Å². The van der Waals surface area contributed by atoms with Gasteiger partial charge in [0.15, 0.2) is 11.5 Å². The summed E-state index contributed by atoms with van der Waals surface area (Å²) in [5.74, 6) is 1.39. The van der Waals surface area contributed by atoms with Crippen molar-refractivity contribution in [1.29, 1.82) is 0 Å². The molecule has 1 aromatic heterocycles. The Balaban J connectivity index is 2.43. The monoisotopic (exact) mass is 300 g/mol. The second kappa shape index (κ2) is 4.80. The van der Waals surface area contributed by atoms with Gasteiger partial charge < -0.3 is 9.47 Å². The molecule has 1 aromatic carbocycles. The maximum atomic E-state index is 5.22. The molecule has 0 fully saturated rings. The zero-order valence-corrected chi connectivity index (χ0v) is 11.1. The molecule has 2 rings (SSSR count). The number of rotatable bonds is 3. The van der Waals surface area contributed by atoms with E-state index in [1.165, 1.54) is 11.5 Å². The second-order valence-electron chi connectivity index (χ2n) is 2.94. The molecule has 0 spiro atoms. The third kappa shape index (κ3) is 2.17. The van der Waals surface area contributed by atoms with E-state index in [4.69, 9.17) is 9.47 Å². The molecule has 0 N–H and O–H groups in total. The highest BCUT2D eigenvalue weighted by Gasteiger charge is 2.09. The van der Waals surface area contributed by atoms with Crippen molar-refractivity contribution in [3.63, 3.8) is 0 Å². The Morgan fingerprint density at radius 1 is 1.19 bits per heavy atom. The minimum atomic E-state index is 0.599. The molecule has 0 saturated heterocycles. The van der Waals surface area contributed by atoms with Crippen molar-refractivity contribution in [2.24, 2.45) is 0 Å².